The molecule has 0 spiro atoms. The van der Waals surface area contributed by atoms with E-state index in [0.29, 0.717) is 12.1 Å². The molecule has 4 nitrogen and oxygen atoms in total. The molecular formula is C18H27N3O. The minimum absolute atomic E-state index is 0.102. The van der Waals surface area contributed by atoms with Gasteiger partial charge in [-0.05, 0) is 43.2 Å². The molecule has 1 fully saturated rings. The molecule has 120 valence electrons. The highest BCUT2D eigenvalue weighted by Crippen LogP contribution is 2.26. The third-order valence-electron chi connectivity index (χ3n) is 4.16. The number of carbonyl (C=O) groups excluding carboxylic acids is 1. The van der Waals surface area contributed by atoms with E-state index in [1.165, 1.54) is 19.3 Å². The van der Waals surface area contributed by atoms with E-state index in [1.54, 1.807) is 12.3 Å². The van der Waals surface area contributed by atoms with E-state index < -0.39 is 0 Å². The predicted molar refractivity (Wildman–Crippen MR) is 91.2 cm³/mol. The topological polar surface area (TPSA) is 45.2 Å². The van der Waals surface area contributed by atoms with Gasteiger partial charge in [-0.25, -0.2) is 4.98 Å². The van der Waals surface area contributed by atoms with Crippen molar-refractivity contribution in [1.82, 2.24) is 10.3 Å². The van der Waals surface area contributed by atoms with Crippen LogP contribution in [0.1, 0.15) is 43.5 Å². The Morgan fingerprint density at radius 3 is 2.73 bits per heavy atom. The number of amides is 1. The van der Waals surface area contributed by atoms with Crippen molar-refractivity contribution in [2.24, 2.45) is 11.8 Å². The first-order valence-corrected chi connectivity index (χ1v) is 8.20. The second kappa shape index (κ2) is 7.97. The quantitative estimate of drug-likeness (QED) is 0.820. The lowest BCUT2D eigenvalue weighted by Crippen LogP contribution is -2.34. The Morgan fingerprint density at radius 2 is 2.18 bits per heavy atom. The number of anilines is 1. The number of piperidine rings is 1. The van der Waals surface area contributed by atoms with E-state index in [2.05, 4.69) is 35.6 Å². The molecule has 1 aromatic rings. The molecule has 22 heavy (non-hydrogen) atoms. The molecule has 1 aliphatic rings. The van der Waals surface area contributed by atoms with Crippen LogP contribution in [0.3, 0.4) is 0 Å². The normalized spacial score (nSPS) is 15.9. The summed E-state index contributed by atoms with van der Waals surface area (Å²) in [5.74, 6) is 2.50. The van der Waals surface area contributed by atoms with Crippen LogP contribution in [0.2, 0.25) is 0 Å². The van der Waals surface area contributed by atoms with Crippen molar-refractivity contribution in [2.45, 2.75) is 33.1 Å². The van der Waals surface area contributed by atoms with Crippen molar-refractivity contribution in [1.29, 1.82) is 0 Å². The Bertz CT molecular complexity index is 488. The van der Waals surface area contributed by atoms with E-state index in [0.717, 1.165) is 30.7 Å². The first kappa shape index (κ1) is 16.5. The third-order valence-corrected chi connectivity index (χ3v) is 4.16. The summed E-state index contributed by atoms with van der Waals surface area (Å²) in [6.07, 6.45) is 7.13. The number of aromatic nitrogens is 1. The van der Waals surface area contributed by atoms with Gasteiger partial charge in [0.1, 0.15) is 5.82 Å². The van der Waals surface area contributed by atoms with Crippen LogP contribution in [0.15, 0.2) is 31.0 Å². The second-order valence-corrected chi connectivity index (χ2v) is 6.46. The van der Waals surface area contributed by atoms with Crippen molar-refractivity contribution in [3.8, 4) is 0 Å². The summed E-state index contributed by atoms with van der Waals surface area (Å²) < 4.78 is 0. The minimum Gasteiger partial charge on any atom is -0.357 e. The lowest BCUT2D eigenvalue weighted by Gasteiger charge is -2.33. The average molecular weight is 301 g/mol. The Balaban J connectivity index is 1.89. The molecule has 0 aliphatic carbocycles. The minimum atomic E-state index is -0.102. The van der Waals surface area contributed by atoms with Gasteiger partial charge in [0.05, 0.1) is 5.56 Å². The summed E-state index contributed by atoms with van der Waals surface area (Å²) >= 11 is 0. The van der Waals surface area contributed by atoms with E-state index in [4.69, 9.17) is 0 Å². The predicted octanol–water partition coefficient (Wildman–Crippen LogP) is 3.26. The van der Waals surface area contributed by atoms with Gasteiger partial charge in [-0.3, -0.25) is 4.79 Å². The SMILES string of the molecule is C=CCNC(=O)c1ccc(N2CCC(CC(C)C)CC2)nc1. The van der Waals surface area contributed by atoms with Crippen LogP contribution in [0.5, 0.6) is 0 Å². The Hall–Kier alpha value is -1.84. The molecule has 0 aromatic carbocycles. The van der Waals surface area contributed by atoms with Crippen LogP contribution in [-0.2, 0) is 0 Å². The van der Waals surface area contributed by atoms with Crippen LogP contribution >= 0.6 is 0 Å². The van der Waals surface area contributed by atoms with Gasteiger partial charge >= 0.3 is 0 Å². The van der Waals surface area contributed by atoms with Crippen LogP contribution in [-0.4, -0.2) is 30.5 Å². The van der Waals surface area contributed by atoms with Crippen molar-refractivity contribution in [3.05, 3.63) is 36.5 Å². The summed E-state index contributed by atoms with van der Waals surface area (Å²) in [7, 11) is 0. The van der Waals surface area contributed by atoms with Gasteiger partial charge in [0.15, 0.2) is 0 Å². The fourth-order valence-corrected chi connectivity index (χ4v) is 3.04. The number of carbonyl (C=O) groups is 1. The maximum Gasteiger partial charge on any atom is 0.253 e. The zero-order valence-electron chi connectivity index (χ0n) is 13.7. The molecule has 0 radical (unpaired) electrons. The molecule has 2 heterocycles. The summed E-state index contributed by atoms with van der Waals surface area (Å²) in [5.41, 5.74) is 0.597. The molecule has 1 aromatic heterocycles. The maximum absolute atomic E-state index is 11.8. The Kier molecular flexibility index (Phi) is 5.99. The van der Waals surface area contributed by atoms with Gasteiger partial charge in [-0.15, -0.1) is 6.58 Å². The molecule has 1 aliphatic heterocycles. The molecule has 0 atom stereocenters. The van der Waals surface area contributed by atoms with Gasteiger partial charge in [0.25, 0.3) is 5.91 Å². The molecule has 0 unspecified atom stereocenters. The smallest absolute Gasteiger partial charge is 0.253 e. The summed E-state index contributed by atoms with van der Waals surface area (Å²) in [5, 5.41) is 2.76. The largest absolute Gasteiger partial charge is 0.357 e. The van der Waals surface area contributed by atoms with E-state index >= 15 is 0 Å². The summed E-state index contributed by atoms with van der Waals surface area (Å²) in [6, 6.07) is 3.80. The fourth-order valence-electron chi connectivity index (χ4n) is 3.04. The molecule has 1 saturated heterocycles. The van der Waals surface area contributed by atoms with Crippen molar-refractivity contribution in [2.75, 3.05) is 24.5 Å². The summed E-state index contributed by atoms with van der Waals surface area (Å²) in [4.78, 5) is 18.6. The van der Waals surface area contributed by atoms with Crippen molar-refractivity contribution < 1.29 is 4.79 Å². The standard InChI is InChI=1S/C18H27N3O/c1-4-9-19-18(22)16-5-6-17(20-13-16)21-10-7-15(8-11-21)12-14(2)3/h4-6,13-15H,1,7-12H2,2-3H3,(H,19,22). The molecule has 0 saturated carbocycles. The highest BCUT2D eigenvalue weighted by Gasteiger charge is 2.20. The average Bonchev–Trinajstić information content (AvgIpc) is 2.53. The van der Waals surface area contributed by atoms with Gasteiger partial charge in [-0.2, -0.15) is 0 Å². The van der Waals surface area contributed by atoms with Gasteiger partial charge in [0.2, 0.25) is 0 Å². The Labute approximate surface area is 133 Å². The third kappa shape index (κ3) is 4.58. The van der Waals surface area contributed by atoms with Crippen LogP contribution in [0.4, 0.5) is 5.82 Å². The highest BCUT2D eigenvalue weighted by molar-refractivity contribution is 5.94. The molecule has 0 bridgehead atoms. The number of hydrogen-bond donors (Lipinski definition) is 1. The first-order chi connectivity index (χ1) is 10.6. The number of hydrogen-bond acceptors (Lipinski definition) is 3. The zero-order chi connectivity index (χ0) is 15.9. The van der Waals surface area contributed by atoms with Crippen LogP contribution in [0.25, 0.3) is 0 Å². The highest BCUT2D eigenvalue weighted by atomic mass is 16.1. The van der Waals surface area contributed by atoms with Crippen LogP contribution < -0.4 is 10.2 Å². The first-order valence-electron chi connectivity index (χ1n) is 8.20. The van der Waals surface area contributed by atoms with E-state index in [9.17, 15) is 4.79 Å². The molecule has 1 amide bonds. The molecule has 4 heteroatoms. The monoisotopic (exact) mass is 301 g/mol. The van der Waals surface area contributed by atoms with Gasteiger partial charge < -0.3 is 10.2 Å². The maximum atomic E-state index is 11.8. The fraction of sp³-hybridized carbons (Fsp3) is 0.556. The zero-order valence-corrected chi connectivity index (χ0v) is 13.7. The lowest BCUT2D eigenvalue weighted by molar-refractivity contribution is 0.0957. The number of pyridine rings is 1. The van der Waals surface area contributed by atoms with Gasteiger partial charge in [-0.1, -0.05) is 19.9 Å². The molecule has 1 N–H and O–H groups in total. The second-order valence-electron chi connectivity index (χ2n) is 6.46. The lowest BCUT2D eigenvalue weighted by atomic mass is 9.88. The summed E-state index contributed by atoms with van der Waals surface area (Å²) in [6.45, 7) is 10.8. The van der Waals surface area contributed by atoms with E-state index in [1.807, 2.05) is 12.1 Å². The molecule has 2 rings (SSSR count). The number of rotatable bonds is 6. The van der Waals surface area contributed by atoms with Crippen molar-refractivity contribution >= 4 is 11.7 Å². The molecular weight excluding hydrogens is 274 g/mol. The van der Waals surface area contributed by atoms with E-state index in [-0.39, 0.29) is 5.91 Å². The number of nitrogens with one attached hydrogen (secondary N) is 1. The Morgan fingerprint density at radius 1 is 1.45 bits per heavy atom. The number of nitrogens with zero attached hydrogens (tertiary/aromatic N) is 2. The van der Waals surface area contributed by atoms with Gasteiger partial charge in [0, 0.05) is 25.8 Å². The van der Waals surface area contributed by atoms with Crippen LogP contribution in [0, 0.1) is 11.8 Å². The van der Waals surface area contributed by atoms with Crippen molar-refractivity contribution in [3.63, 3.8) is 0 Å².